The highest BCUT2D eigenvalue weighted by Gasteiger charge is 2.36. The molecule has 0 saturated heterocycles. The van der Waals surface area contributed by atoms with Gasteiger partial charge in [0.25, 0.3) is 0 Å². The third kappa shape index (κ3) is 2.49. The normalized spacial score (nSPS) is 20.0. The SMILES string of the molecule is Cc1ccsc1C(C)N1CCc2ccccc2C1C(=O)O. The van der Waals surface area contributed by atoms with Crippen molar-refractivity contribution in [2.75, 3.05) is 6.54 Å². The standard InChI is InChI=1S/C17H19NO2S/c1-11-8-10-21-16(11)12(2)18-9-7-13-5-3-4-6-14(13)15(18)17(19)20/h3-6,8,10,12,15H,7,9H2,1-2H3,(H,19,20). The van der Waals surface area contributed by atoms with Crippen LogP contribution in [0.15, 0.2) is 35.7 Å². The van der Waals surface area contributed by atoms with Crippen molar-refractivity contribution in [3.8, 4) is 0 Å². The number of aryl methyl sites for hydroxylation is 1. The Balaban J connectivity index is 2.00. The van der Waals surface area contributed by atoms with Gasteiger partial charge in [-0.2, -0.15) is 0 Å². The molecule has 2 unspecified atom stereocenters. The summed E-state index contributed by atoms with van der Waals surface area (Å²) in [6, 6.07) is 9.59. The van der Waals surface area contributed by atoms with Crippen LogP contribution in [0.25, 0.3) is 0 Å². The first-order valence-corrected chi connectivity index (χ1v) is 8.08. The molecule has 1 N–H and O–H groups in total. The van der Waals surface area contributed by atoms with E-state index >= 15 is 0 Å². The fourth-order valence-electron chi connectivity index (χ4n) is 3.24. The molecule has 3 rings (SSSR count). The summed E-state index contributed by atoms with van der Waals surface area (Å²) < 4.78 is 0. The third-order valence-electron chi connectivity index (χ3n) is 4.33. The summed E-state index contributed by atoms with van der Waals surface area (Å²) in [5.74, 6) is -0.761. The Bertz CT molecular complexity index is 664. The average molecular weight is 301 g/mol. The molecule has 1 aromatic heterocycles. The van der Waals surface area contributed by atoms with E-state index in [1.807, 2.05) is 24.3 Å². The van der Waals surface area contributed by atoms with Crippen LogP contribution >= 0.6 is 11.3 Å². The van der Waals surface area contributed by atoms with E-state index in [-0.39, 0.29) is 6.04 Å². The smallest absolute Gasteiger partial charge is 0.325 e. The lowest BCUT2D eigenvalue weighted by Crippen LogP contribution is -2.41. The summed E-state index contributed by atoms with van der Waals surface area (Å²) in [4.78, 5) is 15.2. The Hall–Kier alpha value is -1.65. The number of aliphatic carboxylic acids is 1. The van der Waals surface area contributed by atoms with Gasteiger partial charge in [0.1, 0.15) is 6.04 Å². The second-order valence-electron chi connectivity index (χ2n) is 5.57. The maximum absolute atomic E-state index is 11.8. The fourth-order valence-corrected chi connectivity index (χ4v) is 4.25. The minimum absolute atomic E-state index is 0.124. The minimum atomic E-state index is -0.761. The summed E-state index contributed by atoms with van der Waals surface area (Å²) in [5, 5.41) is 11.8. The molecule has 110 valence electrons. The van der Waals surface area contributed by atoms with Crippen LogP contribution < -0.4 is 0 Å². The number of benzene rings is 1. The summed E-state index contributed by atoms with van der Waals surface area (Å²) >= 11 is 1.71. The molecule has 3 nitrogen and oxygen atoms in total. The number of rotatable bonds is 3. The average Bonchev–Trinajstić information content (AvgIpc) is 2.91. The Morgan fingerprint density at radius 1 is 1.38 bits per heavy atom. The molecule has 21 heavy (non-hydrogen) atoms. The number of carbonyl (C=O) groups is 1. The predicted molar refractivity (Wildman–Crippen MR) is 84.7 cm³/mol. The van der Waals surface area contributed by atoms with Gasteiger partial charge in [0, 0.05) is 17.5 Å². The highest BCUT2D eigenvalue weighted by atomic mass is 32.1. The van der Waals surface area contributed by atoms with Crippen LogP contribution in [-0.2, 0) is 11.2 Å². The zero-order valence-electron chi connectivity index (χ0n) is 12.2. The number of thiophene rings is 1. The van der Waals surface area contributed by atoms with E-state index in [0.717, 1.165) is 24.1 Å². The molecule has 1 aliphatic heterocycles. The molecule has 1 aromatic carbocycles. The van der Waals surface area contributed by atoms with Crippen molar-refractivity contribution in [3.63, 3.8) is 0 Å². The number of hydrogen-bond donors (Lipinski definition) is 1. The number of carboxylic acids is 1. The van der Waals surface area contributed by atoms with Crippen LogP contribution in [0.3, 0.4) is 0 Å². The molecule has 1 aliphatic rings. The van der Waals surface area contributed by atoms with Crippen molar-refractivity contribution in [2.45, 2.75) is 32.4 Å². The largest absolute Gasteiger partial charge is 0.480 e. The molecule has 2 heterocycles. The summed E-state index contributed by atoms with van der Waals surface area (Å²) in [6.07, 6.45) is 0.911. The molecule has 0 amide bonds. The second-order valence-corrected chi connectivity index (χ2v) is 6.52. The van der Waals surface area contributed by atoms with Crippen LogP contribution in [0.4, 0.5) is 0 Å². The zero-order valence-corrected chi connectivity index (χ0v) is 13.1. The molecule has 2 aromatic rings. The van der Waals surface area contributed by atoms with Gasteiger partial charge in [-0.3, -0.25) is 9.69 Å². The van der Waals surface area contributed by atoms with Crippen LogP contribution in [0.2, 0.25) is 0 Å². The zero-order chi connectivity index (χ0) is 15.0. The summed E-state index contributed by atoms with van der Waals surface area (Å²) in [5.41, 5.74) is 3.35. The number of carboxylic acid groups (broad SMARTS) is 1. The van der Waals surface area contributed by atoms with Gasteiger partial charge in [-0.1, -0.05) is 24.3 Å². The van der Waals surface area contributed by atoms with E-state index in [1.165, 1.54) is 10.4 Å². The first-order chi connectivity index (χ1) is 10.1. The Labute approximate surface area is 128 Å². The molecule has 0 spiro atoms. The topological polar surface area (TPSA) is 40.5 Å². The lowest BCUT2D eigenvalue weighted by atomic mass is 9.91. The van der Waals surface area contributed by atoms with Crippen LogP contribution in [0, 0.1) is 6.92 Å². The van der Waals surface area contributed by atoms with Crippen molar-refractivity contribution in [1.82, 2.24) is 4.90 Å². The van der Waals surface area contributed by atoms with Crippen molar-refractivity contribution in [2.24, 2.45) is 0 Å². The number of hydrogen-bond acceptors (Lipinski definition) is 3. The Morgan fingerprint density at radius 3 is 2.81 bits per heavy atom. The molecule has 0 bridgehead atoms. The van der Waals surface area contributed by atoms with Gasteiger partial charge in [0.05, 0.1) is 0 Å². The number of nitrogens with zero attached hydrogens (tertiary/aromatic N) is 1. The third-order valence-corrected chi connectivity index (χ3v) is 5.52. The van der Waals surface area contributed by atoms with Gasteiger partial charge >= 0.3 is 5.97 Å². The van der Waals surface area contributed by atoms with E-state index in [0.29, 0.717) is 0 Å². The monoisotopic (exact) mass is 301 g/mol. The lowest BCUT2D eigenvalue weighted by molar-refractivity contribution is -0.145. The van der Waals surface area contributed by atoms with Crippen molar-refractivity contribution in [3.05, 3.63) is 57.3 Å². The van der Waals surface area contributed by atoms with Crippen LogP contribution in [0.1, 0.15) is 40.6 Å². The molecule has 4 heteroatoms. The van der Waals surface area contributed by atoms with Crippen molar-refractivity contribution in [1.29, 1.82) is 0 Å². The van der Waals surface area contributed by atoms with Crippen molar-refractivity contribution < 1.29 is 9.90 Å². The molecule has 0 fully saturated rings. The molecular formula is C17H19NO2S. The molecule has 2 atom stereocenters. The maximum atomic E-state index is 11.8. The first kappa shape index (κ1) is 14.3. The molecule has 0 saturated carbocycles. The van der Waals surface area contributed by atoms with Crippen molar-refractivity contribution >= 4 is 17.3 Å². The summed E-state index contributed by atoms with van der Waals surface area (Å²) in [6.45, 7) is 4.99. The Morgan fingerprint density at radius 2 is 2.14 bits per heavy atom. The summed E-state index contributed by atoms with van der Waals surface area (Å²) in [7, 11) is 0. The second kappa shape index (κ2) is 5.62. The molecule has 0 aliphatic carbocycles. The van der Waals surface area contributed by atoms with Gasteiger partial charge in [-0.05, 0) is 48.4 Å². The number of fused-ring (bicyclic) bond motifs is 1. The minimum Gasteiger partial charge on any atom is -0.480 e. The lowest BCUT2D eigenvalue weighted by Gasteiger charge is -2.38. The maximum Gasteiger partial charge on any atom is 0.325 e. The van der Waals surface area contributed by atoms with E-state index in [2.05, 4.69) is 30.2 Å². The molecule has 0 radical (unpaired) electrons. The highest BCUT2D eigenvalue weighted by molar-refractivity contribution is 7.10. The van der Waals surface area contributed by atoms with Gasteiger partial charge in [-0.15, -0.1) is 11.3 Å². The molecular weight excluding hydrogens is 282 g/mol. The van der Waals surface area contributed by atoms with Gasteiger partial charge in [0.2, 0.25) is 0 Å². The van der Waals surface area contributed by atoms with E-state index in [1.54, 1.807) is 11.3 Å². The van der Waals surface area contributed by atoms with E-state index < -0.39 is 12.0 Å². The van der Waals surface area contributed by atoms with E-state index in [9.17, 15) is 9.90 Å². The van der Waals surface area contributed by atoms with Crippen LogP contribution in [0.5, 0.6) is 0 Å². The predicted octanol–water partition coefficient (Wildman–Crippen LogP) is 3.80. The van der Waals surface area contributed by atoms with E-state index in [4.69, 9.17) is 0 Å². The fraction of sp³-hybridized carbons (Fsp3) is 0.353. The Kier molecular flexibility index (Phi) is 3.83. The van der Waals surface area contributed by atoms with Gasteiger partial charge in [-0.25, -0.2) is 0 Å². The van der Waals surface area contributed by atoms with Gasteiger partial charge < -0.3 is 5.11 Å². The van der Waals surface area contributed by atoms with Gasteiger partial charge in [0.15, 0.2) is 0 Å². The quantitative estimate of drug-likeness (QED) is 0.937. The first-order valence-electron chi connectivity index (χ1n) is 7.20. The highest BCUT2D eigenvalue weighted by Crippen LogP contribution is 2.38. The van der Waals surface area contributed by atoms with Crippen LogP contribution in [-0.4, -0.2) is 22.5 Å².